The van der Waals surface area contributed by atoms with Crippen LogP contribution in [0.4, 0.5) is 0 Å². The lowest BCUT2D eigenvalue weighted by atomic mass is 10.1. The van der Waals surface area contributed by atoms with Gasteiger partial charge in [-0.2, -0.15) is 5.26 Å². The zero-order chi connectivity index (χ0) is 10.8. The molecule has 0 saturated heterocycles. The fraction of sp³-hybridized carbons (Fsp3) is 0.364. The molecule has 0 aliphatic carbocycles. The van der Waals surface area contributed by atoms with Gasteiger partial charge in [0.15, 0.2) is 6.10 Å². The van der Waals surface area contributed by atoms with Crippen molar-refractivity contribution in [3.8, 4) is 6.07 Å². The van der Waals surface area contributed by atoms with E-state index in [9.17, 15) is 5.11 Å². The number of hydrogen-bond donors (Lipinski definition) is 1. The second-order valence-corrected chi connectivity index (χ2v) is 9.41. The fourth-order valence-corrected chi connectivity index (χ4v) is 3.17. The molecule has 0 aromatic heterocycles. The van der Waals surface area contributed by atoms with Gasteiger partial charge < -0.3 is 5.11 Å². The molecule has 14 heavy (non-hydrogen) atoms. The van der Waals surface area contributed by atoms with Gasteiger partial charge in [0, 0.05) is 0 Å². The topological polar surface area (TPSA) is 44.0 Å². The first-order valence-electron chi connectivity index (χ1n) is 4.64. The molecule has 0 radical (unpaired) electrons. The van der Waals surface area contributed by atoms with E-state index in [1.54, 1.807) is 0 Å². The van der Waals surface area contributed by atoms with Crippen molar-refractivity contribution in [2.24, 2.45) is 0 Å². The molecule has 3 heteroatoms. The van der Waals surface area contributed by atoms with Crippen LogP contribution in [-0.2, 0) is 0 Å². The molecule has 1 atom stereocenters. The Morgan fingerprint density at radius 3 is 2.36 bits per heavy atom. The molecule has 1 N–H and O–H groups in total. The maximum Gasteiger partial charge on any atom is 0.165 e. The van der Waals surface area contributed by atoms with Crippen molar-refractivity contribution in [3.05, 3.63) is 29.8 Å². The monoisotopic (exact) mass is 205 g/mol. The fourth-order valence-electron chi connectivity index (χ4n) is 1.49. The summed E-state index contributed by atoms with van der Waals surface area (Å²) in [5.41, 5.74) is 0.772. The third-order valence-electron chi connectivity index (χ3n) is 2.19. The first-order valence-corrected chi connectivity index (χ1v) is 8.14. The van der Waals surface area contributed by atoms with Crippen LogP contribution in [0.3, 0.4) is 0 Å². The number of benzene rings is 1. The molecule has 2 nitrogen and oxygen atoms in total. The van der Waals surface area contributed by atoms with E-state index in [4.69, 9.17) is 5.26 Å². The zero-order valence-corrected chi connectivity index (χ0v) is 9.78. The molecular weight excluding hydrogens is 190 g/mol. The molecule has 0 saturated carbocycles. The average molecular weight is 205 g/mol. The summed E-state index contributed by atoms with van der Waals surface area (Å²) < 4.78 is 0. The third kappa shape index (κ3) is 2.22. The Bertz CT molecular complexity index is 362. The molecule has 0 aliphatic heterocycles. The van der Waals surface area contributed by atoms with Crippen LogP contribution in [0.1, 0.15) is 11.7 Å². The zero-order valence-electron chi connectivity index (χ0n) is 8.78. The molecule has 0 aliphatic rings. The van der Waals surface area contributed by atoms with Crippen molar-refractivity contribution in [2.45, 2.75) is 25.7 Å². The Balaban J connectivity index is 3.25. The molecular formula is C11H15NOSi. The molecule has 0 amide bonds. The molecule has 1 aromatic rings. The summed E-state index contributed by atoms with van der Waals surface area (Å²) in [6.45, 7) is 6.61. The van der Waals surface area contributed by atoms with Crippen molar-refractivity contribution in [3.63, 3.8) is 0 Å². The minimum absolute atomic E-state index is 0.772. The minimum atomic E-state index is -1.47. The number of aliphatic hydroxyl groups is 1. The van der Waals surface area contributed by atoms with Crippen molar-refractivity contribution < 1.29 is 5.11 Å². The molecule has 1 rings (SSSR count). The van der Waals surface area contributed by atoms with E-state index in [0.29, 0.717) is 0 Å². The Kier molecular flexibility index (Phi) is 3.09. The Labute approximate surface area is 85.8 Å². The minimum Gasteiger partial charge on any atom is -0.374 e. The highest BCUT2D eigenvalue weighted by Crippen LogP contribution is 2.13. The molecule has 0 bridgehead atoms. The van der Waals surface area contributed by atoms with Crippen LogP contribution < -0.4 is 5.19 Å². The van der Waals surface area contributed by atoms with Gasteiger partial charge >= 0.3 is 0 Å². The van der Waals surface area contributed by atoms with Gasteiger partial charge in [-0.05, 0) is 5.56 Å². The predicted octanol–water partition coefficient (Wildman–Crippen LogP) is 1.79. The first kappa shape index (κ1) is 11.0. The summed E-state index contributed by atoms with van der Waals surface area (Å²) >= 11 is 0. The summed E-state index contributed by atoms with van der Waals surface area (Å²) in [5.74, 6) is 0. The largest absolute Gasteiger partial charge is 0.374 e. The SMILES string of the molecule is C[Si](C)(C)c1ccccc1C(O)C#N. The average Bonchev–Trinajstić information content (AvgIpc) is 2.15. The number of rotatable bonds is 2. The number of aliphatic hydroxyl groups excluding tert-OH is 1. The second kappa shape index (κ2) is 3.95. The Morgan fingerprint density at radius 2 is 1.86 bits per heavy atom. The van der Waals surface area contributed by atoms with Crippen LogP contribution >= 0.6 is 0 Å². The third-order valence-corrected chi connectivity index (χ3v) is 4.26. The van der Waals surface area contributed by atoms with Crippen LogP contribution in [0.2, 0.25) is 19.6 Å². The van der Waals surface area contributed by atoms with Crippen LogP contribution in [0.5, 0.6) is 0 Å². The van der Waals surface area contributed by atoms with E-state index >= 15 is 0 Å². The number of hydrogen-bond acceptors (Lipinski definition) is 2. The van der Waals surface area contributed by atoms with Crippen molar-refractivity contribution >= 4 is 13.3 Å². The lowest BCUT2D eigenvalue weighted by Crippen LogP contribution is -2.40. The van der Waals surface area contributed by atoms with Crippen molar-refractivity contribution in [1.29, 1.82) is 5.26 Å². The summed E-state index contributed by atoms with van der Waals surface area (Å²) in [5, 5.41) is 19.4. The van der Waals surface area contributed by atoms with Gasteiger partial charge in [0.25, 0.3) is 0 Å². The van der Waals surface area contributed by atoms with Gasteiger partial charge in [-0.15, -0.1) is 0 Å². The van der Waals surface area contributed by atoms with E-state index in [2.05, 4.69) is 19.6 Å². The first-order chi connectivity index (χ1) is 6.46. The molecule has 0 fully saturated rings. The van der Waals surface area contributed by atoms with Gasteiger partial charge in [0.1, 0.15) is 0 Å². The Hall–Kier alpha value is -1.11. The molecule has 1 aromatic carbocycles. The highest BCUT2D eigenvalue weighted by Gasteiger charge is 2.22. The van der Waals surface area contributed by atoms with E-state index in [1.807, 2.05) is 30.3 Å². The molecule has 0 heterocycles. The van der Waals surface area contributed by atoms with Crippen molar-refractivity contribution in [2.75, 3.05) is 0 Å². The predicted molar refractivity (Wildman–Crippen MR) is 60.0 cm³/mol. The lowest BCUT2D eigenvalue weighted by molar-refractivity contribution is 0.237. The van der Waals surface area contributed by atoms with Crippen LogP contribution in [0.25, 0.3) is 0 Å². The second-order valence-electron chi connectivity index (χ2n) is 4.37. The van der Waals surface area contributed by atoms with Gasteiger partial charge in [0.2, 0.25) is 0 Å². The molecule has 0 spiro atoms. The summed E-state index contributed by atoms with van der Waals surface area (Å²) in [6, 6.07) is 9.54. The number of nitriles is 1. The van der Waals surface area contributed by atoms with Gasteiger partial charge in [-0.1, -0.05) is 49.1 Å². The quantitative estimate of drug-likeness (QED) is 0.591. The number of nitrogens with zero attached hydrogens (tertiary/aromatic N) is 1. The standard InChI is InChI=1S/C11H15NOSi/c1-14(2,3)11-7-5-4-6-9(11)10(13)8-12/h4-7,10,13H,1-3H3. The highest BCUT2D eigenvalue weighted by molar-refractivity contribution is 6.89. The molecule has 1 unspecified atom stereocenters. The maximum absolute atomic E-state index is 9.53. The summed E-state index contributed by atoms with van der Waals surface area (Å²) in [4.78, 5) is 0. The van der Waals surface area contributed by atoms with Crippen LogP contribution in [0, 0.1) is 11.3 Å². The smallest absolute Gasteiger partial charge is 0.165 e. The lowest BCUT2D eigenvalue weighted by Gasteiger charge is -2.21. The highest BCUT2D eigenvalue weighted by atomic mass is 28.3. The summed E-state index contributed by atoms with van der Waals surface area (Å²) in [6.07, 6.45) is -0.988. The van der Waals surface area contributed by atoms with Crippen LogP contribution in [0.15, 0.2) is 24.3 Å². The maximum atomic E-state index is 9.53. The van der Waals surface area contributed by atoms with E-state index < -0.39 is 14.2 Å². The van der Waals surface area contributed by atoms with E-state index in [-0.39, 0.29) is 0 Å². The summed E-state index contributed by atoms with van der Waals surface area (Å²) in [7, 11) is -1.47. The van der Waals surface area contributed by atoms with Crippen molar-refractivity contribution in [1.82, 2.24) is 0 Å². The van der Waals surface area contributed by atoms with Gasteiger partial charge in [-0.25, -0.2) is 0 Å². The van der Waals surface area contributed by atoms with E-state index in [1.165, 1.54) is 0 Å². The Morgan fingerprint density at radius 1 is 1.29 bits per heavy atom. The van der Waals surface area contributed by atoms with E-state index in [0.717, 1.165) is 10.8 Å². The van der Waals surface area contributed by atoms with Gasteiger partial charge in [-0.3, -0.25) is 0 Å². The van der Waals surface area contributed by atoms with Crippen LogP contribution in [-0.4, -0.2) is 13.2 Å². The van der Waals surface area contributed by atoms with Gasteiger partial charge in [0.05, 0.1) is 14.1 Å². The molecule has 74 valence electrons. The normalized spacial score (nSPS) is 13.4.